The Labute approximate surface area is 73.5 Å². The second-order valence-corrected chi connectivity index (χ2v) is 2.51. The van der Waals surface area contributed by atoms with Gasteiger partial charge in [0, 0.05) is 5.33 Å². The Balaban J connectivity index is 3.44. The highest BCUT2D eigenvalue weighted by atomic mass is 79.9. The molecule has 0 saturated heterocycles. The van der Waals surface area contributed by atoms with Gasteiger partial charge in [0.05, 0.1) is 13.7 Å². The normalized spacial score (nSPS) is 8.91. The number of methoxy groups -OCH3 is 1. The number of alkyl halides is 1. The van der Waals surface area contributed by atoms with Gasteiger partial charge in [0.2, 0.25) is 0 Å². The lowest BCUT2D eigenvalue weighted by atomic mass is 10.4. The number of ether oxygens (including phenoxy) is 2. The topological polar surface area (TPSA) is 59.4 Å². The molecule has 0 aromatic rings. The monoisotopic (exact) mass is 223 g/mol. The number of esters is 1. The summed E-state index contributed by atoms with van der Waals surface area (Å²) in [6.45, 7) is 0.399. The fourth-order valence-electron chi connectivity index (χ4n) is 0.416. The van der Waals surface area contributed by atoms with E-state index >= 15 is 0 Å². The Bertz CT molecular complexity index is 149. The first-order chi connectivity index (χ1) is 5.20. The number of nitrogens with one attached hydrogen (secondary N) is 1. The summed E-state index contributed by atoms with van der Waals surface area (Å²) in [6.07, 6.45) is -0.0938. The molecule has 0 bridgehead atoms. The molecule has 4 nitrogen and oxygen atoms in total. The molecule has 64 valence electrons. The summed E-state index contributed by atoms with van der Waals surface area (Å²) in [4.78, 5) is 10.5. The van der Waals surface area contributed by atoms with E-state index in [1.165, 1.54) is 7.11 Å². The molecule has 0 heterocycles. The third-order valence-corrected chi connectivity index (χ3v) is 1.21. The summed E-state index contributed by atoms with van der Waals surface area (Å²) in [5.41, 5.74) is 0. The van der Waals surface area contributed by atoms with E-state index < -0.39 is 5.97 Å². The standard InChI is InChI=1S/C6H10BrNO3/c1-10-6(9)4-5(8)11-3-2-7/h8H,2-4H2,1H3. The van der Waals surface area contributed by atoms with Crippen molar-refractivity contribution >= 4 is 27.8 Å². The van der Waals surface area contributed by atoms with Gasteiger partial charge in [0.1, 0.15) is 6.42 Å². The van der Waals surface area contributed by atoms with Gasteiger partial charge in [-0.3, -0.25) is 10.2 Å². The molecule has 0 aromatic carbocycles. The zero-order chi connectivity index (χ0) is 8.69. The molecule has 0 aromatic heterocycles. The van der Waals surface area contributed by atoms with Crippen LogP contribution in [-0.2, 0) is 14.3 Å². The smallest absolute Gasteiger partial charge is 0.314 e. The minimum absolute atomic E-state index is 0.0590. The molecule has 0 unspecified atom stereocenters. The van der Waals surface area contributed by atoms with Crippen LogP contribution in [-0.4, -0.2) is 30.9 Å². The van der Waals surface area contributed by atoms with Crippen molar-refractivity contribution in [2.75, 3.05) is 19.0 Å². The molecule has 0 atom stereocenters. The zero-order valence-corrected chi connectivity index (χ0v) is 7.81. The highest BCUT2D eigenvalue weighted by Crippen LogP contribution is 1.91. The first-order valence-corrected chi connectivity index (χ1v) is 4.16. The largest absolute Gasteiger partial charge is 0.480 e. The van der Waals surface area contributed by atoms with Crippen LogP contribution in [0.5, 0.6) is 0 Å². The van der Waals surface area contributed by atoms with E-state index in [0.29, 0.717) is 11.9 Å². The minimum atomic E-state index is -0.454. The van der Waals surface area contributed by atoms with Crippen molar-refractivity contribution in [1.29, 1.82) is 5.41 Å². The molecule has 5 heteroatoms. The molecule has 11 heavy (non-hydrogen) atoms. The summed E-state index contributed by atoms with van der Waals surface area (Å²) < 4.78 is 9.13. The van der Waals surface area contributed by atoms with Crippen molar-refractivity contribution in [2.45, 2.75) is 6.42 Å². The lowest BCUT2D eigenvalue weighted by Gasteiger charge is -2.03. The van der Waals surface area contributed by atoms with Gasteiger partial charge in [-0.15, -0.1) is 0 Å². The van der Waals surface area contributed by atoms with Crippen LogP contribution in [0.3, 0.4) is 0 Å². The molecule has 0 aliphatic heterocycles. The molecule has 0 fully saturated rings. The highest BCUT2D eigenvalue weighted by molar-refractivity contribution is 9.09. The van der Waals surface area contributed by atoms with E-state index in [4.69, 9.17) is 10.1 Å². The molecule has 0 rings (SSSR count). The lowest BCUT2D eigenvalue weighted by molar-refractivity contribution is -0.139. The van der Waals surface area contributed by atoms with Crippen molar-refractivity contribution < 1.29 is 14.3 Å². The van der Waals surface area contributed by atoms with Crippen LogP contribution in [0.4, 0.5) is 0 Å². The van der Waals surface area contributed by atoms with E-state index in [2.05, 4.69) is 20.7 Å². The lowest BCUT2D eigenvalue weighted by Crippen LogP contribution is -2.12. The van der Waals surface area contributed by atoms with Crippen molar-refractivity contribution in [3.63, 3.8) is 0 Å². The first-order valence-electron chi connectivity index (χ1n) is 3.03. The van der Waals surface area contributed by atoms with Crippen LogP contribution in [0.15, 0.2) is 0 Å². The van der Waals surface area contributed by atoms with Gasteiger partial charge in [-0.1, -0.05) is 15.9 Å². The van der Waals surface area contributed by atoms with Crippen LogP contribution in [0.2, 0.25) is 0 Å². The second-order valence-electron chi connectivity index (χ2n) is 1.71. The Kier molecular flexibility index (Phi) is 5.83. The number of hydrogen-bond donors (Lipinski definition) is 1. The average molecular weight is 224 g/mol. The summed E-state index contributed by atoms with van der Waals surface area (Å²) in [7, 11) is 1.28. The Morgan fingerprint density at radius 1 is 1.64 bits per heavy atom. The molecule has 0 aliphatic carbocycles. The van der Waals surface area contributed by atoms with Crippen LogP contribution >= 0.6 is 15.9 Å². The van der Waals surface area contributed by atoms with Crippen LogP contribution in [0.1, 0.15) is 6.42 Å². The molecular weight excluding hydrogens is 214 g/mol. The first kappa shape index (κ1) is 10.4. The van der Waals surface area contributed by atoms with Gasteiger partial charge in [-0.25, -0.2) is 0 Å². The van der Waals surface area contributed by atoms with Crippen molar-refractivity contribution in [1.82, 2.24) is 0 Å². The quantitative estimate of drug-likeness (QED) is 0.334. The fourth-order valence-corrected chi connectivity index (χ4v) is 0.578. The fraction of sp³-hybridized carbons (Fsp3) is 0.667. The number of carbonyl (C=O) groups excluding carboxylic acids is 1. The summed E-state index contributed by atoms with van der Waals surface area (Å²) >= 11 is 3.12. The number of rotatable bonds is 4. The van der Waals surface area contributed by atoms with E-state index in [-0.39, 0.29) is 12.3 Å². The van der Waals surface area contributed by atoms with E-state index in [1.54, 1.807) is 0 Å². The van der Waals surface area contributed by atoms with E-state index in [9.17, 15) is 4.79 Å². The van der Waals surface area contributed by atoms with Crippen LogP contribution in [0, 0.1) is 5.41 Å². The summed E-state index contributed by atoms with van der Waals surface area (Å²) in [6, 6.07) is 0. The predicted octanol–water partition coefficient (Wildman–Crippen LogP) is 0.938. The predicted molar refractivity (Wildman–Crippen MR) is 44.1 cm³/mol. The molecule has 0 amide bonds. The second kappa shape index (κ2) is 6.15. The highest BCUT2D eigenvalue weighted by Gasteiger charge is 2.05. The van der Waals surface area contributed by atoms with Crippen molar-refractivity contribution in [3.05, 3.63) is 0 Å². The van der Waals surface area contributed by atoms with E-state index in [0.717, 1.165) is 0 Å². The van der Waals surface area contributed by atoms with Gasteiger partial charge in [0.15, 0.2) is 5.90 Å². The van der Waals surface area contributed by atoms with Crippen molar-refractivity contribution in [3.8, 4) is 0 Å². The van der Waals surface area contributed by atoms with Crippen LogP contribution < -0.4 is 0 Å². The Morgan fingerprint density at radius 3 is 2.73 bits per heavy atom. The molecule has 1 N–H and O–H groups in total. The van der Waals surface area contributed by atoms with Gasteiger partial charge < -0.3 is 9.47 Å². The van der Waals surface area contributed by atoms with Crippen LogP contribution in [0.25, 0.3) is 0 Å². The number of hydrogen-bond acceptors (Lipinski definition) is 4. The van der Waals surface area contributed by atoms with Gasteiger partial charge in [-0.2, -0.15) is 0 Å². The average Bonchev–Trinajstić information content (AvgIpc) is 2.00. The van der Waals surface area contributed by atoms with Crippen molar-refractivity contribution in [2.24, 2.45) is 0 Å². The molecule has 0 aliphatic rings. The number of halogens is 1. The maximum Gasteiger partial charge on any atom is 0.314 e. The van der Waals surface area contributed by atoms with Gasteiger partial charge >= 0.3 is 5.97 Å². The third kappa shape index (κ3) is 5.84. The number of carbonyl (C=O) groups is 1. The summed E-state index contributed by atoms with van der Waals surface area (Å²) in [5.74, 6) is -0.513. The maximum absolute atomic E-state index is 10.5. The summed E-state index contributed by atoms with van der Waals surface area (Å²) in [5, 5.41) is 7.73. The SMILES string of the molecule is COC(=O)CC(=N)OCCBr. The third-order valence-electron chi connectivity index (χ3n) is 0.886. The van der Waals surface area contributed by atoms with Gasteiger partial charge in [-0.05, 0) is 0 Å². The minimum Gasteiger partial charge on any atom is -0.480 e. The zero-order valence-electron chi connectivity index (χ0n) is 6.22. The molecule has 0 saturated carbocycles. The molecule has 0 spiro atoms. The van der Waals surface area contributed by atoms with Gasteiger partial charge in [0.25, 0.3) is 0 Å². The van der Waals surface area contributed by atoms with E-state index in [1.807, 2.05) is 0 Å². The maximum atomic E-state index is 10.5. The Hall–Kier alpha value is -0.580. The molecule has 0 radical (unpaired) electrons. The Morgan fingerprint density at radius 2 is 2.27 bits per heavy atom. The molecular formula is C6H10BrNO3.